The molecule has 0 aromatic carbocycles. The Balaban J connectivity index is 2.22. The lowest BCUT2D eigenvalue weighted by atomic mass is 9.87. The molecule has 0 bridgehead atoms. The molecule has 1 heterocycles. The third-order valence-electron chi connectivity index (χ3n) is 3.59. The van der Waals surface area contributed by atoms with Crippen molar-refractivity contribution in [3.05, 3.63) is 22.7 Å². The zero-order valence-electron chi connectivity index (χ0n) is 10.2. The highest BCUT2D eigenvalue weighted by molar-refractivity contribution is 5.33. The fourth-order valence-corrected chi connectivity index (χ4v) is 2.36. The standard InChI is InChI=1S/C12H19N3O/c1-12(2)6-4-5-9(12)14-10-11(16)15(3)8-7-13-10/h7-9H,4-6H2,1-3H3,(H,13,14). The maximum atomic E-state index is 11.8. The van der Waals surface area contributed by atoms with E-state index >= 15 is 0 Å². The lowest BCUT2D eigenvalue weighted by molar-refractivity contribution is 0.349. The van der Waals surface area contributed by atoms with E-state index in [0.717, 1.165) is 6.42 Å². The minimum absolute atomic E-state index is 0.0507. The predicted molar refractivity (Wildman–Crippen MR) is 64.5 cm³/mol. The Kier molecular flexibility index (Phi) is 2.74. The SMILES string of the molecule is Cn1ccnc(NC2CCCC2(C)C)c1=O. The lowest BCUT2D eigenvalue weighted by Crippen LogP contribution is -2.34. The van der Waals surface area contributed by atoms with Gasteiger partial charge in [-0.3, -0.25) is 4.79 Å². The van der Waals surface area contributed by atoms with Gasteiger partial charge >= 0.3 is 0 Å². The molecule has 1 saturated carbocycles. The molecule has 88 valence electrons. The van der Waals surface area contributed by atoms with E-state index in [1.165, 1.54) is 12.8 Å². The van der Waals surface area contributed by atoms with Crippen LogP contribution in [0.4, 0.5) is 5.82 Å². The summed E-state index contributed by atoms with van der Waals surface area (Å²) in [5.41, 5.74) is 0.202. The Labute approximate surface area is 95.7 Å². The summed E-state index contributed by atoms with van der Waals surface area (Å²) in [5, 5.41) is 3.30. The van der Waals surface area contributed by atoms with Crippen molar-refractivity contribution < 1.29 is 0 Å². The molecular weight excluding hydrogens is 202 g/mol. The molecule has 0 spiro atoms. The summed E-state index contributed by atoms with van der Waals surface area (Å²) in [6, 6.07) is 0.357. The van der Waals surface area contributed by atoms with Gasteiger partial charge in [-0.05, 0) is 18.3 Å². The van der Waals surface area contributed by atoms with Crippen molar-refractivity contribution >= 4 is 5.82 Å². The van der Waals surface area contributed by atoms with Gasteiger partial charge in [0.2, 0.25) is 0 Å². The molecule has 0 amide bonds. The molecule has 0 aliphatic heterocycles. The highest BCUT2D eigenvalue weighted by Gasteiger charge is 2.34. The van der Waals surface area contributed by atoms with Crippen LogP contribution in [0.15, 0.2) is 17.2 Å². The number of rotatable bonds is 2. The maximum Gasteiger partial charge on any atom is 0.293 e. The van der Waals surface area contributed by atoms with E-state index in [9.17, 15) is 4.79 Å². The molecule has 1 aromatic heterocycles. The average molecular weight is 221 g/mol. The first-order chi connectivity index (χ1) is 7.50. The van der Waals surface area contributed by atoms with Crippen molar-refractivity contribution in [3.63, 3.8) is 0 Å². The van der Waals surface area contributed by atoms with Crippen LogP contribution < -0.4 is 10.9 Å². The summed E-state index contributed by atoms with van der Waals surface area (Å²) >= 11 is 0. The first kappa shape index (κ1) is 11.2. The third-order valence-corrected chi connectivity index (χ3v) is 3.59. The Morgan fingerprint density at radius 3 is 2.94 bits per heavy atom. The number of aromatic nitrogens is 2. The molecule has 1 fully saturated rings. The largest absolute Gasteiger partial charge is 0.362 e. The van der Waals surface area contributed by atoms with Crippen molar-refractivity contribution in [1.82, 2.24) is 9.55 Å². The smallest absolute Gasteiger partial charge is 0.293 e. The van der Waals surface area contributed by atoms with E-state index < -0.39 is 0 Å². The molecular formula is C12H19N3O. The fraction of sp³-hybridized carbons (Fsp3) is 0.667. The summed E-state index contributed by atoms with van der Waals surface area (Å²) in [4.78, 5) is 15.9. The highest BCUT2D eigenvalue weighted by Crippen LogP contribution is 2.38. The van der Waals surface area contributed by atoms with Gasteiger partial charge in [-0.2, -0.15) is 0 Å². The Morgan fingerprint density at radius 2 is 2.31 bits per heavy atom. The molecule has 4 nitrogen and oxygen atoms in total. The number of anilines is 1. The monoisotopic (exact) mass is 221 g/mol. The fourth-order valence-electron chi connectivity index (χ4n) is 2.36. The Morgan fingerprint density at radius 1 is 1.56 bits per heavy atom. The number of nitrogens with zero attached hydrogens (tertiary/aromatic N) is 2. The van der Waals surface area contributed by atoms with Crippen molar-refractivity contribution in [2.75, 3.05) is 5.32 Å². The predicted octanol–water partition coefficient (Wildman–Crippen LogP) is 1.77. The van der Waals surface area contributed by atoms with Gasteiger partial charge in [-0.1, -0.05) is 20.3 Å². The second-order valence-electron chi connectivity index (χ2n) is 5.27. The molecule has 1 aliphatic rings. The minimum Gasteiger partial charge on any atom is -0.362 e. The number of nitrogens with one attached hydrogen (secondary N) is 1. The second-order valence-corrected chi connectivity index (χ2v) is 5.27. The molecule has 1 N–H and O–H groups in total. The van der Waals surface area contributed by atoms with Gasteiger partial charge in [-0.15, -0.1) is 0 Å². The minimum atomic E-state index is -0.0507. The normalized spacial score (nSPS) is 23.3. The topological polar surface area (TPSA) is 46.9 Å². The van der Waals surface area contributed by atoms with Crippen LogP contribution in [0.3, 0.4) is 0 Å². The van der Waals surface area contributed by atoms with E-state index in [0.29, 0.717) is 11.9 Å². The van der Waals surface area contributed by atoms with E-state index in [4.69, 9.17) is 0 Å². The van der Waals surface area contributed by atoms with Crippen LogP contribution >= 0.6 is 0 Å². The molecule has 16 heavy (non-hydrogen) atoms. The van der Waals surface area contributed by atoms with Gasteiger partial charge in [0.1, 0.15) is 0 Å². The molecule has 2 rings (SSSR count). The van der Waals surface area contributed by atoms with Gasteiger partial charge in [0.25, 0.3) is 5.56 Å². The molecule has 0 radical (unpaired) electrons. The molecule has 1 aromatic rings. The second kappa shape index (κ2) is 3.92. The summed E-state index contributed by atoms with van der Waals surface area (Å²) in [5.74, 6) is 0.477. The van der Waals surface area contributed by atoms with Gasteiger partial charge in [0, 0.05) is 25.5 Å². The number of hydrogen-bond acceptors (Lipinski definition) is 3. The van der Waals surface area contributed by atoms with Gasteiger partial charge < -0.3 is 9.88 Å². The zero-order chi connectivity index (χ0) is 11.8. The summed E-state index contributed by atoms with van der Waals surface area (Å²) in [6.45, 7) is 4.48. The lowest BCUT2D eigenvalue weighted by Gasteiger charge is -2.27. The first-order valence-electron chi connectivity index (χ1n) is 5.79. The van der Waals surface area contributed by atoms with Gasteiger partial charge in [0.15, 0.2) is 5.82 Å². The molecule has 1 atom stereocenters. The van der Waals surface area contributed by atoms with E-state index in [1.54, 1.807) is 24.0 Å². The van der Waals surface area contributed by atoms with E-state index in [-0.39, 0.29) is 11.0 Å². The summed E-state index contributed by atoms with van der Waals surface area (Å²) in [6.07, 6.45) is 6.88. The van der Waals surface area contributed by atoms with Crippen molar-refractivity contribution in [2.24, 2.45) is 12.5 Å². The van der Waals surface area contributed by atoms with Crippen molar-refractivity contribution in [3.8, 4) is 0 Å². The number of aryl methyl sites for hydroxylation is 1. The summed E-state index contributed by atoms with van der Waals surface area (Å²) < 4.78 is 1.55. The van der Waals surface area contributed by atoms with E-state index in [1.807, 2.05) is 0 Å². The van der Waals surface area contributed by atoms with Crippen LogP contribution in [0.1, 0.15) is 33.1 Å². The first-order valence-corrected chi connectivity index (χ1v) is 5.79. The zero-order valence-corrected chi connectivity index (χ0v) is 10.2. The van der Waals surface area contributed by atoms with Gasteiger partial charge in [-0.25, -0.2) is 4.98 Å². The van der Waals surface area contributed by atoms with Crippen LogP contribution in [-0.4, -0.2) is 15.6 Å². The molecule has 4 heteroatoms. The summed E-state index contributed by atoms with van der Waals surface area (Å²) in [7, 11) is 1.75. The number of hydrogen-bond donors (Lipinski definition) is 1. The van der Waals surface area contributed by atoms with Crippen LogP contribution in [0.5, 0.6) is 0 Å². The quantitative estimate of drug-likeness (QED) is 0.828. The Bertz CT molecular complexity index is 436. The van der Waals surface area contributed by atoms with Crippen LogP contribution in [0.25, 0.3) is 0 Å². The van der Waals surface area contributed by atoms with Crippen LogP contribution in [0, 0.1) is 5.41 Å². The third kappa shape index (κ3) is 1.96. The van der Waals surface area contributed by atoms with Crippen LogP contribution in [-0.2, 0) is 7.05 Å². The Hall–Kier alpha value is -1.32. The molecule has 1 unspecified atom stereocenters. The average Bonchev–Trinajstić information content (AvgIpc) is 2.54. The highest BCUT2D eigenvalue weighted by atomic mass is 16.1. The van der Waals surface area contributed by atoms with Crippen molar-refractivity contribution in [1.29, 1.82) is 0 Å². The molecule has 1 aliphatic carbocycles. The van der Waals surface area contributed by atoms with Crippen LogP contribution in [0.2, 0.25) is 0 Å². The van der Waals surface area contributed by atoms with E-state index in [2.05, 4.69) is 24.1 Å². The van der Waals surface area contributed by atoms with Crippen molar-refractivity contribution in [2.45, 2.75) is 39.2 Å². The molecule has 0 saturated heterocycles. The van der Waals surface area contributed by atoms with Gasteiger partial charge in [0.05, 0.1) is 0 Å². The maximum absolute atomic E-state index is 11.8.